The quantitative estimate of drug-likeness (QED) is 0.442. The third-order valence-corrected chi connectivity index (χ3v) is 3.20. The number of alkyl halides is 3. The molecule has 2 aliphatic rings. The highest BCUT2D eigenvalue weighted by Gasteiger charge is 2.47. The maximum absolute atomic E-state index is 11.9. The fraction of sp³-hybridized carbons (Fsp3) is 0.667. The smallest absolute Gasteiger partial charge is 0.309 e. The number of hydrogen-bond donors (Lipinski definition) is 3. The fourth-order valence-corrected chi connectivity index (χ4v) is 2.20. The van der Waals surface area contributed by atoms with E-state index in [0.29, 0.717) is 11.5 Å². The molecule has 0 aromatic heterocycles. The van der Waals surface area contributed by atoms with E-state index in [1.165, 1.54) is 5.43 Å². The Hall–Kier alpha value is -2.04. The molecule has 11 heteroatoms. The lowest BCUT2D eigenvalue weighted by Gasteiger charge is -2.29. The van der Waals surface area contributed by atoms with Gasteiger partial charge >= 0.3 is 18.1 Å². The molecule has 8 nitrogen and oxygen atoms in total. The number of carbonyl (C=O) groups excluding carboxylic acids is 3. The van der Waals surface area contributed by atoms with Gasteiger partial charge in [0, 0.05) is 6.54 Å². The van der Waals surface area contributed by atoms with Crippen molar-refractivity contribution >= 4 is 17.8 Å². The lowest BCUT2D eigenvalue weighted by molar-refractivity contribution is -0.175. The van der Waals surface area contributed by atoms with Gasteiger partial charge in [-0.2, -0.15) is 13.2 Å². The number of piperidine rings is 1. The molecule has 0 aromatic rings. The standard InChI is InChI=1S/C9H11F3N4O4/c10-9(11,12)7(18)14-13-6(17)5-2-1-4-3-15(5)8(19)16(4)20/h4-5,20H,1-3H2,(H,13,17)(H,14,18). The van der Waals surface area contributed by atoms with Gasteiger partial charge in [0.25, 0.3) is 5.91 Å². The molecule has 0 spiro atoms. The van der Waals surface area contributed by atoms with Crippen LogP contribution in [-0.2, 0) is 9.59 Å². The predicted molar refractivity (Wildman–Crippen MR) is 54.9 cm³/mol. The van der Waals surface area contributed by atoms with Crippen LogP contribution in [0, 0.1) is 0 Å². The van der Waals surface area contributed by atoms with E-state index >= 15 is 0 Å². The summed E-state index contributed by atoms with van der Waals surface area (Å²) in [5, 5.41) is 9.89. The fourth-order valence-electron chi connectivity index (χ4n) is 2.20. The van der Waals surface area contributed by atoms with Gasteiger partial charge in [0.15, 0.2) is 0 Å². The Labute approximate surface area is 110 Å². The zero-order valence-corrected chi connectivity index (χ0v) is 9.98. The second-order valence-corrected chi connectivity index (χ2v) is 4.47. The summed E-state index contributed by atoms with van der Waals surface area (Å²) in [5.41, 5.74) is 2.85. The highest BCUT2D eigenvalue weighted by molar-refractivity contribution is 5.90. The summed E-state index contributed by atoms with van der Waals surface area (Å²) in [6.45, 7) is 0.112. The van der Waals surface area contributed by atoms with Crippen LogP contribution in [0.25, 0.3) is 0 Å². The van der Waals surface area contributed by atoms with E-state index in [1.807, 2.05) is 0 Å². The second kappa shape index (κ2) is 4.81. The van der Waals surface area contributed by atoms with E-state index in [4.69, 9.17) is 0 Å². The normalized spacial score (nSPS) is 25.7. The number of carbonyl (C=O) groups is 3. The largest absolute Gasteiger partial charge is 0.472 e. The minimum Gasteiger partial charge on any atom is -0.309 e. The van der Waals surface area contributed by atoms with Crippen molar-refractivity contribution < 1.29 is 32.8 Å². The highest BCUT2D eigenvalue weighted by Crippen LogP contribution is 2.28. The summed E-state index contributed by atoms with van der Waals surface area (Å²) in [7, 11) is 0. The Balaban J connectivity index is 1.94. The van der Waals surface area contributed by atoms with Gasteiger partial charge in [-0.15, -0.1) is 0 Å². The van der Waals surface area contributed by atoms with E-state index in [1.54, 1.807) is 5.43 Å². The predicted octanol–water partition coefficient (Wildman–Crippen LogP) is -0.646. The van der Waals surface area contributed by atoms with Crippen LogP contribution >= 0.6 is 0 Å². The van der Waals surface area contributed by atoms with Crippen molar-refractivity contribution in [2.24, 2.45) is 0 Å². The van der Waals surface area contributed by atoms with Crippen LogP contribution in [0.5, 0.6) is 0 Å². The monoisotopic (exact) mass is 296 g/mol. The SMILES string of the molecule is O=C(NNC(=O)C(F)(F)F)C1CCC2CN1C(=O)N2O. The van der Waals surface area contributed by atoms with Crippen molar-refractivity contribution in [2.75, 3.05) is 6.54 Å². The van der Waals surface area contributed by atoms with Crippen LogP contribution in [-0.4, -0.2) is 57.8 Å². The molecule has 2 unspecified atom stereocenters. The summed E-state index contributed by atoms with van der Waals surface area (Å²) >= 11 is 0. The van der Waals surface area contributed by atoms with Gasteiger partial charge in [0.05, 0.1) is 6.04 Å². The summed E-state index contributed by atoms with van der Waals surface area (Å²) < 4.78 is 35.8. The molecule has 2 heterocycles. The van der Waals surface area contributed by atoms with E-state index in [2.05, 4.69) is 0 Å². The van der Waals surface area contributed by atoms with Gasteiger partial charge in [-0.25, -0.2) is 9.86 Å². The van der Waals surface area contributed by atoms with E-state index in [-0.39, 0.29) is 13.0 Å². The first kappa shape index (κ1) is 14.4. The number of hydrazine groups is 1. The number of rotatable bonds is 1. The molecule has 2 atom stereocenters. The third-order valence-electron chi connectivity index (χ3n) is 3.20. The van der Waals surface area contributed by atoms with Crippen LogP contribution in [0.15, 0.2) is 0 Å². The van der Waals surface area contributed by atoms with Crippen LogP contribution in [0.4, 0.5) is 18.0 Å². The number of hydrogen-bond acceptors (Lipinski definition) is 4. The molecule has 112 valence electrons. The van der Waals surface area contributed by atoms with E-state index < -0.39 is 36.1 Å². The molecule has 0 radical (unpaired) electrons. The molecule has 2 rings (SSSR count). The number of nitrogens with zero attached hydrogens (tertiary/aromatic N) is 2. The maximum Gasteiger partial charge on any atom is 0.472 e. The van der Waals surface area contributed by atoms with Crippen LogP contribution in [0.3, 0.4) is 0 Å². The Morgan fingerprint density at radius 3 is 2.50 bits per heavy atom. The molecule has 4 amide bonds. The molecule has 2 aliphatic heterocycles. The zero-order valence-electron chi connectivity index (χ0n) is 9.98. The number of halogens is 3. The van der Waals surface area contributed by atoms with E-state index in [9.17, 15) is 32.8 Å². The molecule has 0 aromatic carbocycles. The minimum absolute atomic E-state index is 0.112. The van der Waals surface area contributed by atoms with Crippen molar-refractivity contribution in [1.82, 2.24) is 20.8 Å². The number of hydroxylamine groups is 2. The summed E-state index contributed by atoms with van der Waals surface area (Å²) in [5.74, 6) is -3.25. The molecule has 2 fully saturated rings. The Kier molecular flexibility index (Phi) is 3.46. The first-order chi connectivity index (χ1) is 9.21. The third kappa shape index (κ3) is 2.48. The van der Waals surface area contributed by atoms with Crippen LogP contribution < -0.4 is 10.9 Å². The van der Waals surface area contributed by atoms with Gasteiger partial charge in [-0.3, -0.25) is 25.6 Å². The van der Waals surface area contributed by atoms with Crippen molar-refractivity contribution in [3.05, 3.63) is 0 Å². The molecule has 0 saturated carbocycles. The van der Waals surface area contributed by atoms with Crippen molar-refractivity contribution in [1.29, 1.82) is 0 Å². The number of urea groups is 1. The number of fused-ring (bicyclic) bond motifs is 2. The van der Waals surface area contributed by atoms with Gasteiger partial charge in [-0.05, 0) is 12.8 Å². The molecule has 3 N–H and O–H groups in total. The Morgan fingerprint density at radius 1 is 1.25 bits per heavy atom. The topological polar surface area (TPSA) is 102 Å². The van der Waals surface area contributed by atoms with Gasteiger partial charge in [-0.1, -0.05) is 0 Å². The summed E-state index contributed by atoms with van der Waals surface area (Å²) in [6.07, 6.45) is -4.60. The van der Waals surface area contributed by atoms with Gasteiger partial charge in [0.1, 0.15) is 6.04 Å². The zero-order chi connectivity index (χ0) is 15.1. The van der Waals surface area contributed by atoms with Crippen LogP contribution in [0.2, 0.25) is 0 Å². The molecular weight excluding hydrogens is 285 g/mol. The molecule has 2 saturated heterocycles. The maximum atomic E-state index is 11.9. The summed E-state index contributed by atoms with van der Waals surface area (Å²) in [4.78, 5) is 34.8. The Bertz CT molecular complexity index is 455. The van der Waals surface area contributed by atoms with E-state index in [0.717, 1.165) is 4.90 Å². The lowest BCUT2D eigenvalue weighted by Crippen LogP contribution is -2.56. The average Bonchev–Trinajstić information content (AvgIpc) is 2.60. The molecule has 20 heavy (non-hydrogen) atoms. The van der Waals surface area contributed by atoms with Crippen molar-refractivity contribution in [3.63, 3.8) is 0 Å². The highest BCUT2D eigenvalue weighted by atomic mass is 19.4. The first-order valence-corrected chi connectivity index (χ1v) is 5.67. The molecule has 2 bridgehead atoms. The molecule has 0 aliphatic carbocycles. The Morgan fingerprint density at radius 2 is 1.90 bits per heavy atom. The van der Waals surface area contributed by atoms with Crippen LogP contribution in [0.1, 0.15) is 12.8 Å². The second-order valence-electron chi connectivity index (χ2n) is 4.47. The number of nitrogens with one attached hydrogen (secondary N) is 2. The van der Waals surface area contributed by atoms with Gasteiger partial charge in [0.2, 0.25) is 0 Å². The average molecular weight is 296 g/mol. The lowest BCUT2D eigenvalue weighted by atomic mass is 10.0. The summed E-state index contributed by atoms with van der Waals surface area (Å²) in [6, 6.07) is -2.23. The minimum atomic E-state index is -5.11. The number of amides is 4. The van der Waals surface area contributed by atoms with Gasteiger partial charge < -0.3 is 4.90 Å². The van der Waals surface area contributed by atoms with Crippen molar-refractivity contribution in [2.45, 2.75) is 31.1 Å². The molecular formula is C9H11F3N4O4. The first-order valence-electron chi connectivity index (χ1n) is 5.67. The van der Waals surface area contributed by atoms with Crippen molar-refractivity contribution in [3.8, 4) is 0 Å².